The SMILES string of the molecule is COC[C@H](N)c1ccc2c(c1)OCO2. The number of benzene rings is 1. The van der Waals surface area contributed by atoms with E-state index in [-0.39, 0.29) is 12.8 Å². The van der Waals surface area contributed by atoms with Crippen LogP contribution in [0.5, 0.6) is 11.5 Å². The van der Waals surface area contributed by atoms with Gasteiger partial charge in [0.2, 0.25) is 6.79 Å². The zero-order valence-corrected chi connectivity index (χ0v) is 8.03. The number of nitrogens with two attached hydrogens (primary N) is 1. The quantitative estimate of drug-likeness (QED) is 0.783. The fraction of sp³-hybridized carbons (Fsp3) is 0.400. The van der Waals surface area contributed by atoms with Gasteiger partial charge in [-0.2, -0.15) is 0 Å². The molecule has 1 aromatic rings. The Labute approximate surface area is 82.6 Å². The normalized spacial score (nSPS) is 15.6. The van der Waals surface area contributed by atoms with Gasteiger partial charge in [0, 0.05) is 7.11 Å². The third-order valence-corrected chi connectivity index (χ3v) is 2.17. The first-order valence-corrected chi connectivity index (χ1v) is 4.45. The Morgan fingerprint density at radius 1 is 1.43 bits per heavy atom. The van der Waals surface area contributed by atoms with Crippen molar-refractivity contribution in [3.63, 3.8) is 0 Å². The molecule has 4 heteroatoms. The third kappa shape index (κ3) is 1.66. The van der Waals surface area contributed by atoms with Crippen molar-refractivity contribution in [3.05, 3.63) is 23.8 Å². The molecule has 0 fully saturated rings. The van der Waals surface area contributed by atoms with Crippen LogP contribution in [-0.4, -0.2) is 20.5 Å². The lowest BCUT2D eigenvalue weighted by Gasteiger charge is -2.10. The van der Waals surface area contributed by atoms with E-state index in [1.165, 1.54) is 0 Å². The summed E-state index contributed by atoms with van der Waals surface area (Å²) in [5.74, 6) is 1.53. The summed E-state index contributed by atoms with van der Waals surface area (Å²) in [5, 5.41) is 0. The molecule has 0 saturated heterocycles. The molecule has 0 saturated carbocycles. The predicted molar refractivity (Wildman–Crippen MR) is 51.4 cm³/mol. The van der Waals surface area contributed by atoms with Crippen molar-refractivity contribution < 1.29 is 14.2 Å². The van der Waals surface area contributed by atoms with Gasteiger partial charge in [0.25, 0.3) is 0 Å². The first-order chi connectivity index (χ1) is 6.81. The maximum absolute atomic E-state index is 5.88. The second-order valence-electron chi connectivity index (χ2n) is 3.17. The minimum Gasteiger partial charge on any atom is -0.454 e. The molecule has 1 atom stereocenters. The summed E-state index contributed by atoms with van der Waals surface area (Å²) < 4.78 is 15.4. The van der Waals surface area contributed by atoms with Crippen LogP contribution in [0.3, 0.4) is 0 Å². The molecule has 0 amide bonds. The van der Waals surface area contributed by atoms with Gasteiger partial charge < -0.3 is 19.9 Å². The largest absolute Gasteiger partial charge is 0.454 e. The van der Waals surface area contributed by atoms with Gasteiger partial charge >= 0.3 is 0 Å². The third-order valence-electron chi connectivity index (χ3n) is 2.17. The Hall–Kier alpha value is -1.26. The summed E-state index contributed by atoms with van der Waals surface area (Å²) in [6.45, 7) is 0.790. The lowest BCUT2D eigenvalue weighted by molar-refractivity contribution is 0.173. The van der Waals surface area contributed by atoms with E-state index in [0.717, 1.165) is 17.1 Å². The molecule has 2 N–H and O–H groups in total. The lowest BCUT2D eigenvalue weighted by atomic mass is 10.1. The van der Waals surface area contributed by atoms with Crippen LogP contribution in [0.4, 0.5) is 0 Å². The molecule has 1 aromatic carbocycles. The highest BCUT2D eigenvalue weighted by Gasteiger charge is 2.15. The summed E-state index contributed by atoms with van der Waals surface area (Å²) >= 11 is 0. The molecule has 0 bridgehead atoms. The van der Waals surface area contributed by atoms with E-state index < -0.39 is 0 Å². The fourth-order valence-electron chi connectivity index (χ4n) is 1.42. The van der Waals surface area contributed by atoms with Crippen molar-refractivity contribution >= 4 is 0 Å². The van der Waals surface area contributed by atoms with E-state index >= 15 is 0 Å². The summed E-state index contributed by atoms with van der Waals surface area (Å²) in [5.41, 5.74) is 6.87. The van der Waals surface area contributed by atoms with Crippen molar-refractivity contribution in [2.24, 2.45) is 5.73 Å². The molecule has 0 radical (unpaired) electrons. The molecule has 0 spiro atoms. The van der Waals surface area contributed by atoms with Gasteiger partial charge in [-0.3, -0.25) is 0 Å². The van der Waals surface area contributed by atoms with E-state index in [4.69, 9.17) is 19.9 Å². The van der Waals surface area contributed by atoms with Gasteiger partial charge in [-0.25, -0.2) is 0 Å². The van der Waals surface area contributed by atoms with Crippen LogP contribution in [0, 0.1) is 0 Å². The maximum atomic E-state index is 5.88. The van der Waals surface area contributed by atoms with Gasteiger partial charge in [0.05, 0.1) is 12.6 Å². The monoisotopic (exact) mass is 195 g/mol. The highest BCUT2D eigenvalue weighted by molar-refractivity contribution is 5.45. The Bertz CT molecular complexity index is 327. The fourth-order valence-corrected chi connectivity index (χ4v) is 1.42. The molecule has 4 nitrogen and oxygen atoms in total. The number of hydrogen-bond acceptors (Lipinski definition) is 4. The molecule has 76 valence electrons. The van der Waals surface area contributed by atoms with Gasteiger partial charge in [0.15, 0.2) is 11.5 Å². The van der Waals surface area contributed by atoms with Crippen molar-refractivity contribution in [1.29, 1.82) is 0 Å². The van der Waals surface area contributed by atoms with Crippen molar-refractivity contribution in [1.82, 2.24) is 0 Å². The van der Waals surface area contributed by atoms with Crippen LogP contribution in [0.2, 0.25) is 0 Å². The average molecular weight is 195 g/mol. The Balaban J connectivity index is 2.19. The lowest BCUT2D eigenvalue weighted by Crippen LogP contribution is -2.15. The average Bonchev–Trinajstić information content (AvgIpc) is 2.64. The van der Waals surface area contributed by atoms with Crippen LogP contribution in [0.25, 0.3) is 0 Å². The van der Waals surface area contributed by atoms with E-state index in [1.807, 2.05) is 18.2 Å². The van der Waals surface area contributed by atoms with E-state index in [1.54, 1.807) is 7.11 Å². The molecule has 1 aliphatic rings. The molecule has 0 aliphatic carbocycles. The summed E-state index contributed by atoms with van der Waals surface area (Å²) in [4.78, 5) is 0. The number of rotatable bonds is 3. The van der Waals surface area contributed by atoms with Gasteiger partial charge in [-0.15, -0.1) is 0 Å². The summed E-state index contributed by atoms with van der Waals surface area (Å²) in [6, 6.07) is 5.57. The molecule has 14 heavy (non-hydrogen) atoms. The minimum absolute atomic E-state index is 0.116. The van der Waals surface area contributed by atoms with Crippen LogP contribution in [0.1, 0.15) is 11.6 Å². The van der Waals surface area contributed by atoms with E-state index in [9.17, 15) is 0 Å². The molecular formula is C10H13NO3. The minimum atomic E-state index is -0.116. The number of ether oxygens (including phenoxy) is 3. The standard InChI is InChI=1S/C10H13NO3/c1-12-5-8(11)7-2-3-9-10(4-7)14-6-13-9/h2-4,8H,5-6,11H2,1H3/t8-/m0/s1. The highest BCUT2D eigenvalue weighted by Crippen LogP contribution is 2.33. The number of hydrogen-bond donors (Lipinski definition) is 1. The van der Waals surface area contributed by atoms with E-state index in [2.05, 4.69) is 0 Å². The zero-order chi connectivity index (χ0) is 9.97. The van der Waals surface area contributed by atoms with Crippen molar-refractivity contribution in [3.8, 4) is 11.5 Å². The Morgan fingerprint density at radius 3 is 3.00 bits per heavy atom. The summed E-state index contributed by atoms with van der Waals surface area (Å²) in [6.07, 6.45) is 0. The number of fused-ring (bicyclic) bond motifs is 1. The smallest absolute Gasteiger partial charge is 0.231 e. The van der Waals surface area contributed by atoms with Gasteiger partial charge in [0.1, 0.15) is 0 Å². The Morgan fingerprint density at radius 2 is 2.21 bits per heavy atom. The van der Waals surface area contributed by atoms with E-state index in [0.29, 0.717) is 6.61 Å². The second kappa shape index (κ2) is 3.86. The van der Waals surface area contributed by atoms with Gasteiger partial charge in [-0.05, 0) is 17.7 Å². The van der Waals surface area contributed by atoms with Crippen molar-refractivity contribution in [2.75, 3.05) is 20.5 Å². The molecule has 0 unspecified atom stereocenters. The Kier molecular flexibility index (Phi) is 2.56. The maximum Gasteiger partial charge on any atom is 0.231 e. The van der Waals surface area contributed by atoms with Crippen molar-refractivity contribution in [2.45, 2.75) is 6.04 Å². The highest BCUT2D eigenvalue weighted by atomic mass is 16.7. The molecule has 2 rings (SSSR count). The van der Waals surface area contributed by atoms with Crippen LogP contribution >= 0.6 is 0 Å². The molecular weight excluding hydrogens is 182 g/mol. The summed E-state index contributed by atoms with van der Waals surface area (Å²) in [7, 11) is 1.63. The van der Waals surface area contributed by atoms with Gasteiger partial charge in [-0.1, -0.05) is 6.07 Å². The first kappa shape index (κ1) is 9.30. The molecule has 0 aromatic heterocycles. The zero-order valence-electron chi connectivity index (χ0n) is 8.03. The first-order valence-electron chi connectivity index (χ1n) is 4.45. The molecule has 1 aliphatic heterocycles. The van der Waals surface area contributed by atoms with Crippen LogP contribution < -0.4 is 15.2 Å². The second-order valence-corrected chi connectivity index (χ2v) is 3.17. The molecule has 1 heterocycles. The van der Waals surface area contributed by atoms with Crippen LogP contribution in [-0.2, 0) is 4.74 Å². The van der Waals surface area contributed by atoms with Crippen LogP contribution in [0.15, 0.2) is 18.2 Å². The predicted octanol–water partition coefficient (Wildman–Crippen LogP) is 1.06. The number of methoxy groups -OCH3 is 1. The topological polar surface area (TPSA) is 53.7 Å².